The third kappa shape index (κ3) is 2.82. The van der Waals surface area contributed by atoms with Crippen molar-refractivity contribution in [3.8, 4) is 0 Å². The normalized spacial score (nSPS) is 12.8. The number of carbonyl (C=O) groups excluding carboxylic acids is 1. The van der Waals surface area contributed by atoms with Crippen LogP contribution in [0.1, 0.15) is 38.4 Å². The molecule has 90 valence electrons. The Bertz CT molecular complexity index is 347. The van der Waals surface area contributed by atoms with E-state index in [0.717, 1.165) is 5.56 Å². The number of nitrogens with one attached hydrogen (secondary N) is 1. The molecule has 1 rings (SSSR count). The summed E-state index contributed by atoms with van der Waals surface area (Å²) in [5.41, 5.74) is 0.828. The van der Waals surface area contributed by atoms with Crippen molar-refractivity contribution in [2.24, 2.45) is 0 Å². The summed E-state index contributed by atoms with van der Waals surface area (Å²) in [6.45, 7) is 6.25. The van der Waals surface area contributed by atoms with Crippen LogP contribution >= 0.6 is 0 Å². The second kappa shape index (κ2) is 5.65. The molecule has 5 heteroatoms. The molecular weight excluding hydrogens is 206 g/mol. The minimum absolute atomic E-state index is 0.270. The topological polar surface area (TPSA) is 56.1 Å². The average Bonchev–Trinajstić information content (AvgIpc) is 2.68. The van der Waals surface area contributed by atoms with Crippen LogP contribution in [0, 0.1) is 0 Å². The third-order valence-electron chi connectivity index (χ3n) is 2.29. The van der Waals surface area contributed by atoms with E-state index < -0.39 is 6.04 Å². The maximum Gasteiger partial charge on any atom is 0.327 e. The van der Waals surface area contributed by atoms with E-state index in [1.807, 2.05) is 24.7 Å². The number of carbonyl (C=O) groups is 1. The predicted octanol–water partition coefficient (Wildman–Crippen LogP) is 1.29. The van der Waals surface area contributed by atoms with Crippen molar-refractivity contribution >= 4 is 5.97 Å². The molecule has 0 aliphatic heterocycles. The predicted molar refractivity (Wildman–Crippen MR) is 61.0 cm³/mol. The van der Waals surface area contributed by atoms with Crippen molar-refractivity contribution in [2.75, 3.05) is 13.7 Å². The number of hydrogen-bond acceptors (Lipinski definition) is 4. The van der Waals surface area contributed by atoms with Crippen LogP contribution in [-0.2, 0) is 9.53 Å². The maximum absolute atomic E-state index is 11.6. The molecule has 1 N–H and O–H groups in total. The number of aromatic nitrogens is 2. The van der Waals surface area contributed by atoms with Gasteiger partial charge >= 0.3 is 5.97 Å². The smallest absolute Gasteiger partial charge is 0.327 e. The monoisotopic (exact) mass is 225 g/mol. The van der Waals surface area contributed by atoms with Gasteiger partial charge in [-0.15, -0.1) is 0 Å². The minimum Gasteiger partial charge on any atom is -0.465 e. The molecule has 0 fully saturated rings. The van der Waals surface area contributed by atoms with Crippen LogP contribution in [0.15, 0.2) is 12.4 Å². The fourth-order valence-corrected chi connectivity index (χ4v) is 1.43. The fraction of sp³-hybridized carbons (Fsp3) is 0.636. The van der Waals surface area contributed by atoms with Gasteiger partial charge in [0.15, 0.2) is 0 Å². The van der Waals surface area contributed by atoms with Gasteiger partial charge in [0.2, 0.25) is 0 Å². The van der Waals surface area contributed by atoms with Crippen molar-refractivity contribution < 1.29 is 9.53 Å². The van der Waals surface area contributed by atoms with Crippen LogP contribution in [0.25, 0.3) is 0 Å². The molecule has 0 saturated carbocycles. The highest BCUT2D eigenvalue weighted by molar-refractivity contribution is 5.77. The zero-order chi connectivity index (χ0) is 12.1. The molecule has 1 heterocycles. The van der Waals surface area contributed by atoms with Crippen LogP contribution in [-0.4, -0.2) is 29.4 Å². The number of ether oxygens (including phenoxy) is 1. The lowest BCUT2D eigenvalue weighted by atomic mass is 10.1. The van der Waals surface area contributed by atoms with E-state index in [2.05, 4.69) is 10.4 Å². The molecule has 0 radical (unpaired) electrons. The summed E-state index contributed by atoms with van der Waals surface area (Å²) >= 11 is 0. The first-order chi connectivity index (χ1) is 7.60. The maximum atomic E-state index is 11.6. The fourth-order valence-electron chi connectivity index (χ4n) is 1.43. The second-order valence-electron chi connectivity index (χ2n) is 3.82. The highest BCUT2D eigenvalue weighted by atomic mass is 16.5. The Morgan fingerprint density at radius 1 is 1.62 bits per heavy atom. The third-order valence-corrected chi connectivity index (χ3v) is 2.29. The molecule has 0 amide bonds. The summed E-state index contributed by atoms with van der Waals surface area (Å²) < 4.78 is 6.80. The number of rotatable bonds is 5. The second-order valence-corrected chi connectivity index (χ2v) is 3.82. The van der Waals surface area contributed by atoms with Gasteiger partial charge in [-0.25, -0.2) is 4.79 Å². The van der Waals surface area contributed by atoms with Gasteiger partial charge in [0.05, 0.1) is 12.8 Å². The van der Waals surface area contributed by atoms with E-state index in [1.165, 1.54) is 0 Å². The average molecular weight is 225 g/mol. The molecule has 5 nitrogen and oxygen atoms in total. The molecule has 0 saturated heterocycles. The van der Waals surface area contributed by atoms with Crippen LogP contribution in [0.5, 0.6) is 0 Å². The summed E-state index contributed by atoms with van der Waals surface area (Å²) in [6.07, 6.45) is 3.56. The van der Waals surface area contributed by atoms with Gasteiger partial charge in [-0.2, -0.15) is 5.10 Å². The molecule has 0 aromatic carbocycles. The summed E-state index contributed by atoms with van der Waals surface area (Å²) in [5, 5.41) is 7.12. The SMILES string of the molecule is CCOC(=O)C(NC)c1cnn(C(C)C)c1. The first-order valence-electron chi connectivity index (χ1n) is 5.48. The summed E-state index contributed by atoms with van der Waals surface area (Å²) in [6, 6.07) is -0.152. The molecule has 1 unspecified atom stereocenters. The molecule has 0 spiro atoms. The molecule has 16 heavy (non-hydrogen) atoms. The number of esters is 1. The Kier molecular flexibility index (Phi) is 4.49. The zero-order valence-corrected chi connectivity index (χ0v) is 10.2. The zero-order valence-electron chi connectivity index (χ0n) is 10.2. The van der Waals surface area contributed by atoms with Gasteiger partial charge in [0.1, 0.15) is 6.04 Å². The number of likely N-dealkylation sites (N-methyl/N-ethyl adjacent to an activating group) is 1. The molecule has 1 aromatic heterocycles. The van der Waals surface area contributed by atoms with Crippen molar-refractivity contribution in [2.45, 2.75) is 32.9 Å². The van der Waals surface area contributed by atoms with Gasteiger partial charge in [-0.1, -0.05) is 0 Å². The van der Waals surface area contributed by atoms with Crippen LogP contribution in [0.3, 0.4) is 0 Å². The van der Waals surface area contributed by atoms with Crippen LogP contribution < -0.4 is 5.32 Å². The van der Waals surface area contributed by atoms with Gasteiger partial charge in [0, 0.05) is 17.8 Å². The quantitative estimate of drug-likeness (QED) is 0.767. The lowest BCUT2D eigenvalue weighted by Crippen LogP contribution is -2.27. The lowest BCUT2D eigenvalue weighted by Gasteiger charge is -2.12. The Hall–Kier alpha value is -1.36. The van der Waals surface area contributed by atoms with E-state index in [4.69, 9.17) is 4.74 Å². The molecule has 0 bridgehead atoms. The molecule has 0 aliphatic rings. The van der Waals surface area contributed by atoms with Crippen molar-refractivity contribution in [3.63, 3.8) is 0 Å². The Labute approximate surface area is 95.8 Å². The summed E-state index contributed by atoms with van der Waals surface area (Å²) in [5.74, 6) is -0.270. The highest BCUT2D eigenvalue weighted by Crippen LogP contribution is 2.15. The van der Waals surface area contributed by atoms with Gasteiger partial charge < -0.3 is 10.1 Å². The van der Waals surface area contributed by atoms with Gasteiger partial charge in [-0.05, 0) is 27.8 Å². The Balaban J connectivity index is 2.82. The first kappa shape index (κ1) is 12.7. The van der Waals surface area contributed by atoms with E-state index in [1.54, 1.807) is 20.2 Å². The standard InChI is InChI=1S/C11H19N3O2/c1-5-16-11(15)10(12-4)9-6-13-14(7-9)8(2)3/h6-8,10,12H,5H2,1-4H3. The molecule has 1 aromatic rings. The van der Waals surface area contributed by atoms with Crippen molar-refractivity contribution in [1.82, 2.24) is 15.1 Å². The van der Waals surface area contributed by atoms with E-state index in [-0.39, 0.29) is 12.0 Å². The largest absolute Gasteiger partial charge is 0.465 e. The number of hydrogen-bond donors (Lipinski definition) is 1. The summed E-state index contributed by atoms with van der Waals surface area (Å²) in [4.78, 5) is 11.6. The van der Waals surface area contributed by atoms with E-state index in [0.29, 0.717) is 6.61 Å². The molecule has 0 aliphatic carbocycles. The van der Waals surface area contributed by atoms with Crippen LogP contribution in [0.2, 0.25) is 0 Å². The van der Waals surface area contributed by atoms with Crippen molar-refractivity contribution in [1.29, 1.82) is 0 Å². The Morgan fingerprint density at radius 2 is 2.31 bits per heavy atom. The van der Waals surface area contributed by atoms with E-state index >= 15 is 0 Å². The van der Waals surface area contributed by atoms with Gasteiger partial charge in [0.25, 0.3) is 0 Å². The van der Waals surface area contributed by atoms with E-state index in [9.17, 15) is 4.79 Å². The lowest BCUT2D eigenvalue weighted by molar-refractivity contribution is -0.145. The highest BCUT2D eigenvalue weighted by Gasteiger charge is 2.21. The summed E-state index contributed by atoms with van der Waals surface area (Å²) in [7, 11) is 1.73. The Morgan fingerprint density at radius 3 is 2.75 bits per heavy atom. The van der Waals surface area contributed by atoms with Gasteiger partial charge in [-0.3, -0.25) is 4.68 Å². The molecule has 1 atom stereocenters. The number of nitrogens with zero attached hydrogens (tertiary/aromatic N) is 2. The van der Waals surface area contributed by atoms with Crippen molar-refractivity contribution in [3.05, 3.63) is 18.0 Å². The van der Waals surface area contributed by atoms with Crippen LogP contribution in [0.4, 0.5) is 0 Å². The minimum atomic E-state index is -0.438. The molecular formula is C11H19N3O2. The first-order valence-corrected chi connectivity index (χ1v) is 5.48.